The van der Waals surface area contributed by atoms with Crippen LogP contribution in [0.15, 0.2) is 23.1 Å². The van der Waals surface area contributed by atoms with Gasteiger partial charge in [-0.3, -0.25) is 0 Å². The van der Waals surface area contributed by atoms with Crippen molar-refractivity contribution in [2.75, 3.05) is 18.8 Å². The average Bonchev–Trinajstić information content (AvgIpc) is 2.36. The van der Waals surface area contributed by atoms with Gasteiger partial charge < -0.3 is 10.5 Å². The molecule has 118 valence electrons. The molecule has 6 heteroatoms. The zero-order chi connectivity index (χ0) is 15.8. The van der Waals surface area contributed by atoms with Crippen LogP contribution in [0.3, 0.4) is 0 Å². The zero-order valence-corrected chi connectivity index (χ0v) is 13.9. The van der Waals surface area contributed by atoms with Crippen LogP contribution < -0.4 is 5.73 Å². The summed E-state index contributed by atoms with van der Waals surface area (Å²) in [6, 6.07) is 5.09. The van der Waals surface area contributed by atoms with E-state index in [1.54, 1.807) is 18.2 Å². The summed E-state index contributed by atoms with van der Waals surface area (Å²) >= 11 is 0. The maximum Gasteiger partial charge on any atom is 0.243 e. The summed E-state index contributed by atoms with van der Waals surface area (Å²) in [5.41, 5.74) is 6.55. The van der Waals surface area contributed by atoms with Gasteiger partial charge in [0.2, 0.25) is 10.0 Å². The summed E-state index contributed by atoms with van der Waals surface area (Å²) in [7, 11) is -3.56. The molecule has 2 rings (SSSR count). The van der Waals surface area contributed by atoms with Crippen LogP contribution in [-0.4, -0.2) is 37.5 Å². The monoisotopic (exact) mass is 312 g/mol. The molecule has 0 radical (unpaired) electrons. The molecule has 1 aliphatic rings. The van der Waals surface area contributed by atoms with Crippen LogP contribution in [0.25, 0.3) is 0 Å². The Morgan fingerprint density at radius 2 is 2.10 bits per heavy atom. The predicted octanol–water partition coefficient (Wildman–Crippen LogP) is 2.02. The number of sulfonamides is 1. The molecule has 1 heterocycles. The molecule has 0 amide bonds. The molecule has 1 saturated heterocycles. The second kappa shape index (κ2) is 5.59. The number of nitrogen functional groups attached to an aromatic ring is 1. The Labute approximate surface area is 127 Å². The summed E-state index contributed by atoms with van der Waals surface area (Å²) in [6.45, 7) is 8.36. The van der Waals surface area contributed by atoms with Crippen molar-refractivity contribution in [1.29, 1.82) is 0 Å². The van der Waals surface area contributed by atoms with Crippen molar-refractivity contribution in [3.05, 3.63) is 23.8 Å². The Morgan fingerprint density at radius 1 is 1.43 bits per heavy atom. The van der Waals surface area contributed by atoms with E-state index in [1.165, 1.54) is 4.31 Å². The van der Waals surface area contributed by atoms with E-state index in [0.717, 1.165) is 5.56 Å². The maximum atomic E-state index is 13.0. The Balaban J connectivity index is 2.45. The summed E-state index contributed by atoms with van der Waals surface area (Å²) < 4.78 is 33.2. The van der Waals surface area contributed by atoms with Gasteiger partial charge in [-0.15, -0.1) is 0 Å². The van der Waals surface area contributed by atoms with Gasteiger partial charge in [-0.25, -0.2) is 8.42 Å². The number of nitrogens with zero attached hydrogens (tertiary/aromatic N) is 1. The van der Waals surface area contributed by atoms with E-state index in [4.69, 9.17) is 10.5 Å². The lowest BCUT2D eigenvalue weighted by Crippen LogP contribution is -2.53. The zero-order valence-electron chi connectivity index (χ0n) is 13.1. The molecule has 5 nitrogen and oxygen atoms in total. The molecule has 0 aromatic heterocycles. The Hall–Kier alpha value is -1.11. The summed E-state index contributed by atoms with van der Waals surface area (Å²) in [4.78, 5) is 0.315. The molecule has 1 unspecified atom stereocenters. The minimum atomic E-state index is -3.56. The van der Waals surface area contributed by atoms with Gasteiger partial charge >= 0.3 is 0 Å². The fourth-order valence-electron chi connectivity index (χ4n) is 2.82. The number of ether oxygens (including phenoxy) is 1. The number of aryl methyl sites for hydroxylation is 1. The Bertz CT molecular complexity index is 626. The minimum Gasteiger partial charge on any atom is -0.399 e. The maximum absolute atomic E-state index is 13.0. The third kappa shape index (κ3) is 3.39. The predicted molar refractivity (Wildman–Crippen MR) is 83.6 cm³/mol. The quantitative estimate of drug-likeness (QED) is 0.867. The first-order chi connectivity index (χ1) is 9.65. The van der Waals surface area contributed by atoms with Crippen molar-refractivity contribution < 1.29 is 13.2 Å². The fraction of sp³-hybridized carbons (Fsp3) is 0.600. The van der Waals surface area contributed by atoms with Gasteiger partial charge in [0.1, 0.15) is 0 Å². The van der Waals surface area contributed by atoms with Crippen molar-refractivity contribution in [3.63, 3.8) is 0 Å². The number of anilines is 1. The van der Waals surface area contributed by atoms with Gasteiger partial charge in [-0.2, -0.15) is 4.31 Å². The lowest BCUT2D eigenvalue weighted by Gasteiger charge is -2.41. The molecule has 1 fully saturated rings. The van der Waals surface area contributed by atoms with Crippen LogP contribution in [0.5, 0.6) is 0 Å². The molecule has 1 aliphatic heterocycles. The van der Waals surface area contributed by atoms with Crippen molar-refractivity contribution >= 4 is 15.7 Å². The minimum absolute atomic E-state index is 0.130. The van der Waals surface area contributed by atoms with Gasteiger partial charge in [0, 0.05) is 18.8 Å². The number of morpholine rings is 1. The fourth-order valence-corrected chi connectivity index (χ4v) is 4.81. The van der Waals surface area contributed by atoms with E-state index in [-0.39, 0.29) is 6.10 Å². The van der Waals surface area contributed by atoms with Crippen LogP contribution in [0.1, 0.15) is 33.3 Å². The second-order valence-corrected chi connectivity index (χ2v) is 8.11. The number of nitrogens with two attached hydrogens (primary N) is 1. The molecular weight excluding hydrogens is 288 g/mol. The largest absolute Gasteiger partial charge is 0.399 e. The summed E-state index contributed by atoms with van der Waals surface area (Å²) in [6.07, 6.45) is 0.521. The lowest BCUT2D eigenvalue weighted by atomic mass is 10.1. The van der Waals surface area contributed by atoms with Gasteiger partial charge in [0.25, 0.3) is 0 Å². The van der Waals surface area contributed by atoms with Crippen LogP contribution in [0.2, 0.25) is 0 Å². The highest BCUT2D eigenvalue weighted by atomic mass is 32.2. The van der Waals surface area contributed by atoms with Crippen molar-refractivity contribution in [2.24, 2.45) is 0 Å². The smallest absolute Gasteiger partial charge is 0.243 e. The second-order valence-electron chi connectivity index (χ2n) is 6.21. The van der Waals surface area contributed by atoms with Gasteiger partial charge in [0.15, 0.2) is 0 Å². The molecule has 21 heavy (non-hydrogen) atoms. The highest BCUT2D eigenvalue weighted by Crippen LogP contribution is 2.29. The van der Waals surface area contributed by atoms with Gasteiger partial charge in [-0.1, -0.05) is 13.0 Å². The molecule has 0 saturated carbocycles. The first kappa shape index (κ1) is 16.3. The van der Waals surface area contributed by atoms with Crippen molar-refractivity contribution in [3.8, 4) is 0 Å². The number of benzene rings is 1. The molecule has 1 atom stereocenters. The van der Waals surface area contributed by atoms with E-state index in [1.807, 2.05) is 27.7 Å². The van der Waals surface area contributed by atoms with Crippen LogP contribution in [0, 0.1) is 0 Å². The molecule has 0 spiro atoms. The SMILES string of the molecule is CCc1ccc(N)cc1S(=O)(=O)N1CC(C)OC(C)(C)C1. The first-order valence-corrected chi connectivity index (χ1v) is 8.66. The van der Waals surface area contributed by atoms with E-state index in [2.05, 4.69) is 0 Å². The lowest BCUT2D eigenvalue weighted by molar-refractivity contribution is -0.109. The van der Waals surface area contributed by atoms with Crippen LogP contribution in [0.4, 0.5) is 5.69 Å². The van der Waals surface area contributed by atoms with E-state index in [0.29, 0.717) is 30.1 Å². The van der Waals surface area contributed by atoms with Crippen LogP contribution in [-0.2, 0) is 21.2 Å². The highest BCUT2D eigenvalue weighted by Gasteiger charge is 2.38. The molecule has 1 aromatic carbocycles. The van der Waals surface area contributed by atoms with E-state index < -0.39 is 15.6 Å². The third-order valence-electron chi connectivity index (χ3n) is 3.63. The van der Waals surface area contributed by atoms with Gasteiger partial charge in [-0.05, 0) is 44.9 Å². The molecular formula is C15H24N2O3S. The molecule has 0 aliphatic carbocycles. The number of rotatable bonds is 3. The highest BCUT2D eigenvalue weighted by molar-refractivity contribution is 7.89. The number of hydrogen-bond acceptors (Lipinski definition) is 4. The average molecular weight is 312 g/mol. The van der Waals surface area contributed by atoms with Crippen molar-refractivity contribution in [1.82, 2.24) is 4.31 Å². The molecule has 1 aromatic rings. The normalized spacial score (nSPS) is 23.1. The van der Waals surface area contributed by atoms with E-state index >= 15 is 0 Å². The standard InChI is InChI=1S/C15H24N2O3S/c1-5-12-6-7-13(16)8-14(12)21(18,19)17-9-11(2)20-15(3,4)10-17/h6-8,11H,5,9-10,16H2,1-4H3. The summed E-state index contributed by atoms with van der Waals surface area (Å²) in [5, 5.41) is 0. The first-order valence-electron chi connectivity index (χ1n) is 7.22. The molecule has 0 bridgehead atoms. The Kier molecular flexibility index (Phi) is 4.33. The van der Waals surface area contributed by atoms with Crippen molar-refractivity contribution in [2.45, 2.75) is 50.7 Å². The van der Waals surface area contributed by atoms with E-state index in [9.17, 15) is 8.42 Å². The summed E-state index contributed by atoms with van der Waals surface area (Å²) in [5.74, 6) is 0. The third-order valence-corrected chi connectivity index (χ3v) is 5.52. The van der Waals surface area contributed by atoms with Crippen LogP contribution >= 0.6 is 0 Å². The Morgan fingerprint density at radius 3 is 2.67 bits per heavy atom. The molecule has 2 N–H and O–H groups in total. The topological polar surface area (TPSA) is 72.6 Å². The van der Waals surface area contributed by atoms with Gasteiger partial charge in [0.05, 0.1) is 16.6 Å². The number of hydrogen-bond donors (Lipinski definition) is 1.